The number of nitrogens with zero attached hydrogens (tertiary/aromatic N) is 1. The molecule has 0 aliphatic rings. The van der Waals surface area contributed by atoms with Crippen molar-refractivity contribution >= 4 is 11.6 Å². The summed E-state index contributed by atoms with van der Waals surface area (Å²) in [5.74, 6) is 0.488. The first-order chi connectivity index (χ1) is 10.7. The fourth-order valence-electron chi connectivity index (χ4n) is 1.90. The van der Waals surface area contributed by atoms with Crippen molar-refractivity contribution in [3.05, 3.63) is 59.9 Å². The van der Waals surface area contributed by atoms with E-state index in [0.29, 0.717) is 24.9 Å². The Morgan fingerprint density at radius 3 is 2.68 bits per heavy atom. The number of anilines is 1. The van der Waals surface area contributed by atoms with Crippen LogP contribution in [0, 0.1) is 5.82 Å². The van der Waals surface area contributed by atoms with Gasteiger partial charge in [0.2, 0.25) is 0 Å². The Morgan fingerprint density at radius 2 is 2.00 bits per heavy atom. The van der Waals surface area contributed by atoms with Gasteiger partial charge in [-0.2, -0.15) is 0 Å². The molecule has 0 unspecified atom stereocenters. The summed E-state index contributed by atoms with van der Waals surface area (Å²) in [5.41, 5.74) is 7.96. The van der Waals surface area contributed by atoms with Gasteiger partial charge in [0.25, 0.3) is 0 Å². The lowest BCUT2D eigenvalue weighted by atomic mass is 10.1. The molecule has 2 rings (SSSR count). The van der Waals surface area contributed by atoms with Crippen molar-refractivity contribution in [1.82, 2.24) is 0 Å². The van der Waals surface area contributed by atoms with Gasteiger partial charge in [-0.05, 0) is 36.2 Å². The molecule has 0 fully saturated rings. The summed E-state index contributed by atoms with van der Waals surface area (Å²) in [7, 11) is 0. The number of hydrogen-bond acceptors (Lipinski definition) is 2. The summed E-state index contributed by atoms with van der Waals surface area (Å²) in [6.45, 7) is 2.83. The quantitative estimate of drug-likeness (QED) is 0.489. The number of ether oxygens (including phenoxy) is 1. The van der Waals surface area contributed by atoms with Crippen LogP contribution in [0.1, 0.15) is 12.5 Å². The largest absolute Gasteiger partial charge is 0.492 e. The summed E-state index contributed by atoms with van der Waals surface area (Å²) >= 11 is 0. The van der Waals surface area contributed by atoms with Crippen molar-refractivity contribution in [2.24, 2.45) is 10.7 Å². The van der Waals surface area contributed by atoms with E-state index in [0.717, 1.165) is 12.1 Å². The van der Waals surface area contributed by atoms with Gasteiger partial charge in [-0.3, -0.25) is 0 Å². The van der Waals surface area contributed by atoms with Gasteiger partial charge in [0.1, 0.15) is 18.2 Å². The molecule has 0 aliphatic heterocycles. The molecule has 5 heteroatoms. The summed E-state index contributed by atoms with van der Waals surface area (Å²) in [6.07, 6.45) is 1.00. The number of benzene rings is 2. The van der Waals surface area contributed by atoms with Crippen LogP contribution in [0.15, 0.2) is 53.5 Å². The van der Waals surface area contributed by atoms with Crippen molar-refractivity contribution in [1.29, 1.82) is 0 Å². The highest BCUT2D eigenvalue weighted by Gasteiger charge is 1.97. The fraction of sp³-hybridized carbons (Fsp3) is 0.235. The Bertz CT molecular complexity index is 626. The van der Waals surface area contributed by atoms with E-state index in [1.807, 2.05) is 24.3 Å². The van der Waals surface area contributed by atoms with Crippen LogP contribution in [-0.2, 0) is 6.42 Å². The molecular weight excluding hydrogens is 281 g/mol. The van der Waals surface area contributed by atoms with Crippen LogP contribution in [0.3, 0.4) is 0 Å². The maximum absolute atomic E-state index is 13.0. The number of nitrogens with two attached hydrogens (primary N) is 1. The first-order valence-corrected chi connectivity index (χ1v) is 7.21. The molecule has 0 spiro atoms. The second-order valence-corrected chi connectivity index (χ2v) is 4.75. The molecule has 116 valence electrons. The van der Waals surface area contributed by atoms with Gasteiger partial charge in [-0.1, -0.05) is 25.1 Å². The highest BCUT2D eigenvalue weighted by Crippen LogP contribution is 2.11. The highest BCUT2D eigenvalue weighted by molar-refractivity contribution is 5.92. The Morgan fingerprint density at radius 1 is 1.23 bits per heavy atom. The topological polar surface area (TPSA) is 59.6 Å². The third kappa shape index (κ3) is 5.09. The average Bonchev–Trinajstić information content (AvgIpc) is 2.52. The van der Waals surface area contributed by atoms with Crippen molar-refractivity contribution < 1.29 is 9.13 Å². The van der Waals surface area contributed by atoms with Crippen molar-refractivity contribution in [3.8, 4) is 5.75 Å². The number of guanidine groups is 1. The lowest BCUT2D eigenvalue weighted by Gasteiger charge is -2.07. The lowest BCUT2D eigenvalue weighted by Crippen LogP contribution is -2.23. The molecule has 0 saturated carbocycles. The number of hydrogen-bond donors (Lipinski definition) is 2. The molecule has 3 N–H and O–H groups in total. The van der Waals surface area contributed by atoms with Crippen LogP contribution in [0.5, 0.6) is 5.75 Å². The third-order valence-corrected chi connectivity index (χ3v) is 3.07. The summed E-state index contributed by atoms with van der Waals surface area (Å²) in [5, 5.41) is 3.01. The van der Waals surface area contributed by atoms with E-state index in [-0.39, 0.29) is 5.82 Å². The zero-order valence-corrected chi connectivity index (χ0v) is 12.6. The van der Waals surface area contributed by atoms with Crippen LogP contribution >= 0.6 is 0 Å². The predicted molar refractivity (Wildman–Crippen MR) is 87.8 cm³/mol. The minimum Gasteiger partial charge on any atom is -0.492 e. The first-order valence-electron chi connectivity index (χ1n) is 7.21. The Hall–Kier alpha value is -2.56. The molecular formula is C17H20FN3O. The number of rotatable bonds is 6. The molecule has 0 aliphatic carbocycles. The maximum Gasteiger partial charge on any atom is 0.193 e. The predicted octanol–water partition coefficient (Wildman–Crippen LogP) is 3.19. The van der Waals surface area contributed by atoms with E-state index in [1.165, 1.54) is 17.7 Å². The van der Waals surface area contributed by atoms with Crippen molar-refractivity contribution in [3.63, 3.8) is 0 Å². The van der Waals surface area contributed by atoms with Crippen LogP contribution in [0.25, 0.3) is 0 Å². The van der Waals surface area contributed by atoms with Gasteiger partial charge >= 0.3 is 0 Å². The standard InChI is InChI=1S/C17H20FN3O/c1-2-13-6-8-15(9-7-13)21-17(19)20-10-11-22-16-5-3-4-14(18)12-16/h3-9,12H,2,10-11H2,1H3,(H3,19,20,21). The van der Waals surface area contributed by atoms with Gasteiger partial charge in [0.05, 0.1) is 6.54 Å². The number of halogens is 1. The van der Waals surface area contributed by atoms with Crippen molar-refractivity contribution in [2.75, 3.05) is 18.5 Å². The molecule has 0 amide bonds. The van der Waals surface area contributed by atoms with E-state index >= 15 is 0 Å². The highest BCUT2D eigenvalue weighted by atomic mass is 19.1. The summed E-state index contributed by atoms with van der Waals surface area (Å²) in [6, 6.07) is 14.0. The van der Waals surface area contributed by atoms with Crippen molar-refractivity contribution in [2.45, 2.75) is 13.3 Å². The van der Waals surface area contributed by atoms with E-state index < -0.39 is 0 Å². The van der Waals surface area contributed by atoms with Crippen LogP contribution in [0.4, 0.5) is 10.1 Å². The normalized spacial score (nSPS) is 11.3. The van der Waals surface area contributed by atoms with Gasteiger partial charge in [0.15, 0.2) is 5.96 Å². The minimum absolute atomic E-state index is 0.322. The third-order valence-electron chi connectivity index (χ3n) is 3.07. The molecule has 0 bridgehead atoms. The zero-order valence-electron chi connectivity index (χ0n) is 12.6. The number of nitrogens with one attached hydrogen (secondary N) is 1. The van der Waals surface area contributed by atoms with Gasteiger partial charge in [0, 0.05) is 11.8 Å². The molecule has 0 saturated heterocycles. The molecule has 22 heavy (non-hydrogen) atoms. The van der Waals surface area contributed by atoms with E-state index in [4.69, 9.17) is 10.5 Å². The smallest absolute Gasteiger partial charge is 0.193 e. The van der Waals surface area contributed by atoms with Crippen LogP contribution in [0.2, 0.25) is 0 Å². The zero-order chi connectivity index (χ0) is 15.8. The molecule has 0 aromatic heterocycles. The number of aryl methyl sites for hydroxylation is 1. The Kier molecular flexibility index (Phi) is 5.77. The van der Waals surface area contributed by atoms with Crippen LogP contribution < -0.4 is 15.8 Å². The maximum atomic E-state index is 13.0. The molecule has 4 nitrogen and oxygen atoms in total. The molecule has 2 aromatic carbocycles. The van der Waals surface area contributed by atoms with Gasteiger partial charge in [-0.25, -0.2) is 9.38 Å². The molecule has 2 aromatic rings. The summed E-state index contributed by atoms with van der Waals surface area (Å²) < 4.78 is 18.4. The number of aliphatic imine (C=N–C) groups is 1. The molecule has 0 heterocycles. The fourth-order valence-corrected chi connectivity index (χ4v) is 1.90. The second kappa shape index (κ2) is 8.02. The first kappa shape index (κ1) is 15.8. The Labute approximate surface area is 129 Å². The SMILES string of the molecule is CCc1ccc(NC(N)=NCCOc2cccc(F)c2)cc1. The van der Waals surface area contributed by atoms with E-state index in [2.05, 4.69) is 17.2 Å². The van der Waals surface area contributed by atoms with E-state index in [1.54, 1.807) is 12.1 Å². The summed E-state index contributed by atoms with van der Waals surface area (Å²) in [4.78, 5) is 4.16. The van der Waals surface area contributed by atoms with Gasteiger partial charge < -0.3 is 15.8 Å². The lowest BCUT2D eigenvalue weighted by molar-refractivity contribution is 0.327. The monoisotopic (exact) mass is 301 g/mol. The minimum atomic E-state index is -0.322. The van der Waals surface area contributed by atoms with E-state index in [9.17, 15) is 4.39 Å². The second-order valence-electron chi connectivity index (χ2n) is 4.75. The van der Waals surface area contributed by atoms with Crippen LogP contribution in [-0.4, -0.2) is 19.1 Å². The average molecular weight is 301 g/mol. The van der Waals surface area contributed by atoms with Gasteiger partial charge in [-0.15, -0.1) is 0 Å². The molecule has 0 atom stereocenters. The molecule has 0 radical (unpaired) electrons. The Balaban J connectivity index is 1.77.